The van der Waals surface area contributed by atoms with E-state index in [1.807, 2.05) is 63.2 Å². The van der Waals surface area contributed by atoms with Crippen molar-refractivity contribution in [1.82, 2.24) is 14.9 Å². The summed E-state index contributed by atoms with van der Waals surface area (Å²) in [5.74, 6) is 2.63. The van der Waals surface area contributed by atoms with Crippen molar-refractivity contribution in [3.63, 3.8) is 0 Å². The van der Waals surface area contributed by atoms with Crippen molar-refractivity contribution in [3.05, 3.63) is 54.4 Å². The van der Waals surface area contributed by atoms with E-state index in [0.717, 1.165) is 54.2 Å². The van der Waals surface area contributed by atoms with Crippen molar-refractivity contribution in [2.75, 3.05) is 20.3 Å². The van der Waals surface area contributed by atoms with Crippen LogP contribution in [-0.4, -0.2) is 35.7 Å². The van der Waals surface area contributed by atoms with E-state index in [1.165, 1.54) is 0 Å². The number of benzene rings is 2. The van der Waals surface area contributed by atoms with Gasteiger partial charge in [0.05, 0.1) is 24.8 Å². The van der Waals surface area contributed by atoms with Crippen LogP contribution in [0.1, 0.15) is 39.4 Å². The first-order valence-corrected chi connectivity index (χ1v) is 10.9. The zero-order chi connectivity index (χ0) is 22.3. The van der Waals surface area contributed by atoms with Crippen LogP contribution in [0.2, 0.25) is 0 Å². The summed E-state index contributed by atoms with van der Waals surface area (Å²) in [5.41, 5.74) is 1.77. The molecular weight excluding hydrogens is 390 g/mol. The Morgan fingerprint density at radius 3 is 2.48 bits per heavy atom. The van der Waals surface area contributed by atoms with Crippen molar-refractivity contribution in [2.45, 2.75) is 46.6 Å². The van der Waals surface area contributed by atoms with E-state index in [0.29, 0.717) is 13.2 Å². The molecule has 6 heteroatoms. The van der Waals surface area contributed by atoms with Gasteiger partial charge in [0.15, 0.2) is 11.5 Å². The van der Waals surface area contributed by atoms with Gasteiger partial charge in [-0.25, -0.2) is 4.98 Å². The molecule has 166 valence electrons. The highest BCUT2D eigenvalue weighted by Gasteiger charge is 2.20. The highest BCUT2D eigenvalue weighted by Crippen LogP contribution is 2.26. The third-order valence-corrected chi connectivity index (χ3v) is 5.13. The van der Waals surface area contributed by atoms with Gasteiger partial charge in [-0.1, -0.05) is 45.0 Å². The Labute approximate surface area is 184 Å². The number of hydrogen-bond donors (Lipinski definition) is 1. The largest absolute Gasteiger partial charge is 0.493 e. The Hall–Kier alpha value is -3.02. The molecule has 31 heavy (non-hydrogen) atoms. The molecule has 0 saturated carbocycles. The third kappa shape index (κ3) is 6.00. The normalized spacial score (nSPS) is 11.5. The summed E-state index contributed by atoms with van der Waals surface area (Å²) >= 11 is 0. The third-order valence-electron chi connectivity index (χ3n) is 5.13. The van der Waals surface area contributed by atoms with E-state index in [-0.39, 0.29) is 11.3 Å². The lowest BCUT2D eigenvalue weighted by molar-refractivity contribution is -0.128. The van der Waals surface area contributed by atoms with Gasteiger partial charge in [0, 0.05) is 24.9 Å². The number of hydrogen-bond acceptors (Lipinski definition) is 4. The molecule has 1 N–H and O–H groups in total. The highest BCUT2D eigenvalue weighted by molar-refractivity contribution is 5.81. The molecule has 0 bridgehead atoms. The minimum absolute atomic E-state index is 0.0782. The van der Waals surface area contributed by atoms with Gasteiger partial charge in [0.1, 0.15) is 5.82 Å². The summed E-state index contributed by atoms with van der Waals surface area (Å²) in [7, 11) is 1.65. The first-order chi connectivity index (χ1) is 14.9. The summed E-state index contributed by atoms with van der Waals surface area (Å²) in [6.45, 7) is 7.84. The smallest absolute Gasteiger partial charge is 0.225 e. The fourth-order valence-electron chi connectivity index (χ4n) is 3.42. The van der Waals surface area contributed by atoms with Crippen LogP contribution in [0.25, 0.3) is 11.0 Å². The Bertz CT molecular complexity index is 1000. The maximum absolute atomic E-state index is 12.1. The van der Waals surface area contributed by atoms with Crippen LogP contribution in [0.15, 0.2) is 48.5 Å². The molecule has 0 unspecified atom stereocenters. The molecule has 1 aromatic heterocycles. The van der Waals surface area contributed by atoms with Crippen molar-refractivity contribution >= 4 is 16.9 Å². The summed E-state index contributed by atoms with van der Waals surface area (Å²) < 4.78 is 13.5. The van der Waals surface area contributed by atoms with Crippen LogP contribution in [0, 0.1) is 5.41 Å². The molecule has 0 saturated heterocycles. The number of ether oxygens (including phenoxy) is 2. The second-order valence-electron chi connectivity index (χ2n) is 8.63. The van der Waals surface area contributed by atoms with E-state index >= 15 is 0 Å². The van der Waals surface area contributed by atoms with Crippen molar-refractivity contribution < 1.29 is 14.3 Å². The predicted octanol–water partition coefficient (Wildman–Crippen LogP) is 4.61. The van der Waals surface area contributed by atoms with Gasteiger partial charge in [0.2, 0.25) is 5.91 Å². The number of carbonyl (C=O) groups is 1. The van der Waals surface area contributed by atoms with Crippen LogP contribution in [0.3, 0.4) is 0 Å². The van der Waals surface area contributed by atoms with Crippen LogP contribution in [0.5, 0.6) is 11.5 Å². The number of nitrogens with one attached hydrogen (secondary N) is 1. The number of rotatable bonds is 10. The lowest BCUT2D eigenvalue weighted by Gasteiger charge is -2.17. The molecule has 0 aliphatic heterocycles. The standard InChI is InChI=1S/C25H33N3O3/c1-25(2,3)24(29)26-16-9-15-23-27-19-11-5-6-12-20(19)28(23)17-10-18-31-22-14-8-7-13-21(22)30-4/h5-8,11-14H,9-10,15-18H2,1-4H3,(H,26,29). The Morgan fingerprint density at radius 1 is 1.03 bits per heavy atom. The number of imidazole rings is 1. The van der Waals surface area contributed by atoms with Gasteiger partial charge in [-0.05, 0) is 37.1 Å². The lowest BCUT2D eigenvalue weighted by Crippen LogP contribution is -2.35. The monoisotopic (exact) mass is 423 g/mol. The highest BCUT2D eigenvalue weighted by atomic mass is 16.5. The number of nitrogens with zero attached hydrogens (tertiary/aromatic N) is 2. The molecule has 1 amide bonds. The fourth-order valence-corrected chi connectivity index (χ4v) is 3.42. The number of methoxy groups -OCH3 is 1. The Morgan fingerprint density at radius 2 is 1.74 bits per heavy atom. The number of para-hydroxylation sites is 4. The maximum Gasteiger partial charge on any atom is 0.225 e. The average Bonchev–Trinajstić information content (AvgIpc) is 3.11. The van der Waals surface area contributed by atoms with Gasteiger partial charge < -0.3 is 19.4 Å². The molecule has 3 aromatic rings. The molecule has 0 atom stereocenters. The van der Waals surface area contributed by atoms with Gasteiger partial charge >= 0.3 is 0 Å². The van der Waals surface area contributed by atoms with E-state index in [4.69, 9.17) is 14.5 Å². The maximum atomic E-state index is 12.1. The van der Waals surface area contributed by atoms with Gasteiger partial charge in [-0.2, -0.15) is 0 Å². The molecule has 0 aliphatic rings. The van der Waals surface area contributed by atoms with E-state index in [1.54, 1.807) is 7.11 Å². The molecular formula is C25H33N3O3. The molecule has 0 radical (unpaired) electrons. The Balaban J connectivity index is 1.59. The number of carbonyl (C=O) groups excluding carboxylic acids is 1. The fraction of sp³-hybridized carbons (Fsp3) is 0.440. The summed E-state index contributed by atoms with van der Waals surface area (Å²) in [6, 6.07) is 15.9. The van der Waals surface area contributed by atoms with Crippen molar-refractivity contribution in [1.29, 1.82) is 0 Å². The topological polar surface area (TPSA) is 65.4 Å². The zero-order valence-corrected chi connectivity index (χ0v) is 19.0. The van der Waals surface area contributed by atoms with Crippen LogP contribution < -0.4 is 14.8 Å². The van der Waals surface area contributed by atoms with Crippen molar-refractivity contribution in [3.8, 4) is 11.5 Å². The number of aryl methyl sites for hydroxylation is 2. The molecule has 0 aliphatic carbocycles. The molecule has 2 aromatic carbocycles. The predicted molar refractivity (Wildman–Crippen MR) is 124 cm³/mol. The number of aromatic nitrogens is 2. The van der Waals surface area contributed by atoms with Gasteiger partial charge in [-0.15, -0.1) is 0 Å². The molecule has 6 nitrogen and oxygen atoms in total. The summed E-state index contributed by atoms with van der Waals surface area (Å²) in [4.78, 5) is 16.9. The first-order valence-electron chi connectivity index (χ1n) is 10.9. The minimum Gasteiger partial charge on any atom is -0.493 e. The lowest BCUT2D eigenvalue weighted by atomic mass is 9.96. The quantitative estimate of drug-likeness (QED) is 0.484. The van der Waals surface area contributed by atoms with Gasteiger partial charge in [0.25, 0.3) is 0 Å². The molecule has 1 heterocycles. The summed E-state index contributed by atoms with van der Waals surface area (Å²) in [5, 5.41) is 3.02. The molecule has 0 spiro atoms. The molecule has 0 fully saturated rings. The van der Waals surface area contributed by atoms with Crippen LogP contribution >= 0.6 is 0 Å². The van der Waals surface area contributed by atoms with Crippen LogP contribution in [-0.2, 0) is 17.8 Å². The van der Waals surface area contributed by atoms with Crippen molar-refractivity contribution in [2.24, 2.45) is 5.41 Å². The summed E-state index contributed by atoms with van der Waals surface area (Å²) in [6.07, 6.45) is 2.52. The second-order valence-corrected chi connectivity index (χ2v) is 8.63. The average molecular weight is 424 g/mol. The number of fused-ring (bicyclic) bond motifs is 1. The van der Waals surface area contributed by atoms with E-state index in [2.05, 4.69) is 16.0 Å². The van der Waals surface area contributed by atoms with Crippen LogP contribution in [0.4, 0.5) is 0 Å². The van der Waals surface area contributed by atoms with E-state index < -0.39 is 0 Å². The van der Waals surface area contributed by atoms with Gasteiger partial charge in [-0.3, -0.25) is 4.79 Å². The van der Waals surface area contributed by atoms with E-state index in [9.17, 15) is 4.79 Å². The molecule has 3 rings (SSSR count). The first kappa shape index (κ1) is 22.7. The number of amides is 1. The Kier molecular flexibility index (Phi) is 7.55. The SMILES string of the molecule is COc1ccccc1OCCCn1c(CCCNC(=O)C(C)(C)C)nc2ccccc21. The minimum atomic E-state index is -0.366. The second kappa shape index (κ2) is 10.3. The zero-order valence-electron chi connectivity index (χ0n) is 19.0.